The second-order valence-corrected chi connectivity index (χ2v) is 3.67. The van der Waals surface area contributed by atoms with Gasteiger partial charge in [0.1, 0.15) is 17.2 Å². The lowest BCUT2D eigenvalue weighted by molar-refractivity contribution is 0.412. The number of nitrogens with zero attached hydrogens (tertiary/aromatic N) is 2. The highest BCUT2D eigenvalue weighted by Gasteiger charge is 2.05. The van der Waals surface area contributed by atoms with E-state index < -0.39 is 0 Å². The van der Waals surface area contributed by atoms with E-state index in [0.717, 1.165) is 17.0 Å². The van der Waals surface area contributed by atoms with Crippen LogP contribution < -0.4 is 4.74 Å². The standard InChI is InChI=1S/C11H11ClN2O/c1-8-3-4-9(10(5-8)15-2)14-6-11(12)13-7-14/h3-7H,1-2H3. The summed E-state index contributed by atoms with van der Waals surface area (Å²) in [6, 6.07) is 5.97. The molecule has 0 aliphatic heterocycles. The van der Waals surface area contributed by atoms with Gasteiger partial charge in [0.25, 0.3) is 0 Å². The molecule has 0 fully saturated rings. The molecule has 1 aromatic heterocycles. The van der Waals surface area contributed by atoms with Crippen LogP contribution in [-0.4, -0.2) is 16.7 Å². The lowest BCUT2D eigenvalue weighted by atomic mass is 10.2. The van der Waals surface area contributed by atoms with Crippen LogP contribution >= 0.6 is 11.6 Å². The first-order chi connectivity index (χ1) is 7.20. The summed E-state index contributed by atoms with van der Waals surface area (Å²) in [5, 5.41) is 0.470. The smallest absolute Gasteiger partial charge is 0.147 e. The van der Waals surface area contributed by atoms with Gasteiger partial charge in [-0.2, -0.15) is 0 Å². The van der Waals surface area contributed by atoms with Crippen LogP contribution in [0.5, 0.6) is 5.75 Å². The van der Waals surface area contributed by atoms with E-state index in [4.69, 9.17) is 16.3 Å². The highest BCUT2D eigenvalue weighted by Crippen LogP contribution is 2.24. The molecule has 0 aliphatic rings. The molecular formula is C11H11ClN2O. The predicted octanol–water partition coefficient (Wildman–Crippen LogP) is 2.84. The Labute approximate surface area is 93.3 Å². The first-order valence-corrected chi connectivity index (χ1v) is 4.93. The molecule has 0 saturated carbocycles. The first kappa shape index (κ1) is 10.1. The quantitative estimate of drug-likeness (QED) is 0.781. The fourth-order valence-electron chi connectivity index (χ4n) is 1.43. The second kappa shape index (κ2) is 3.95. The highest BCUT2D eigenvalue weighted by molar-refractivity contribution is 6.29. The zero-order valence-electron chi connectivity index (χ0n) is 8.57. The minimum Gasteiger partial charge on any atom is -0.495 e. The molecule has 0 spiro atoms. The van der Waals surface area contributed by atoms with Gasteiger partial charge in [-0.15, -0.1) is 0 Å². The topological polar surface area (TPSA) is 27.1 Å². The molecule has 0 radical (unpaired) electrons. The van der Waals surface area contributed by atoms with E-state index >= 15 is 0 Å². The van der Waals surface area contributed by atoms with Crippen LogP contribution in [0, 0.1) is 6.92 Å². The molecule has 0 amide bonds. The van der Waals surface area contributed by atoms with Crippen molar-refractivity contribution in [1.82, 2.24) is 9.55 Å². The number of imidazole rings is 1. The fraction of sp³-hybridized carbons (Fsp3) is 0.182. The Morgan fingerprint density at radius 2 is 2.20 bits per heavy atom. The van der Waals surface area contributed by atoms with Gasteiger partial charge in [-0.25, -0.2) is 4.98 Å². The summed E-state index contributed by atoms with van der Waals surface area (Å²) in [6.07, 6.45) is 3.41. The zero-order valence-corrected chi connectivity index (χ0v) is 9.32. The number of halogens is 1. The number of rotatable bonds is 2. The Hall–Kier alpha value is -1.48. The van der Waals surface area contributed by atoms with Crippen molar-refractivity contribution in [2.75, 3.05) is 7.11 Å². The van der Waals surface area contributed by atoms with Gasteiger partial charge in [0.05, 0.1) is 12.8 Å². The van der Waals surface area contributed by atoms with Crippen molar-refractivity contribution >= 4 is 11.6 Å². The Kier molecular flexibility index (Phi) is 2.64. The molecule has 4 heteroatoms. The molecule has 15 heavy (non-hydrogen) atoms. The monoisotopic (exact) mass is 222 g/mol. The zero-order chi connectivity index (χ0) is 10.8. The van der Waals surface area contributed by atoms with Gasteiger partial charge in [0, 0.05) is 6.20 Å². The summed E-state index contributed by atoms with van der Waals surface area (Å²) in [6.45, 7) is 2.02. The predicted molar refractivity (Wildman–Crippen MR) is 59.9 cm³/mol. The van der Waals surface area contributed by atoms with Crippen molar-refractivity contribution < 1.29 is 4.74 Å². The summed E-state index contributed by atoms with van der Waals surface area (Å²) < 4.78 is 7.13. The van der Waals surface area contributed by atoms with Gasteiger partial charge in [0.15, 0.2) is 0 Å². The minimum absolute atomic E-state index is 0.470. The molecule has 0 aliphatic carbocycles. The fourth-order valence-corrected chi connectivity index (χ4v) is 1.58. The highest BCUT2D eigenvalue weighted by atomic mass is 35.5. The molecule has 2 rings (SSSR count). The number of benzene rings is 1. The van der Waals surface area contributed by atoms with Crippen LogP contribution in [0.1, 0.15) is 5.56 Å². The van der Waals surface area contributed by atoms with Crippen molar-refractivity contribution in [3.63, 3.8) is 0 Å². The third kappa shape index (κ3) is 1.97. The lowest BCUT2D eigenvalue weighted by Gasteiger charge is -2.09. The Balaban J connectivity index is 2.52. The second-order valence-electron chi connectivity index (χ2n) is 3.28. The molecule has 0 saturated heterocycles. The van der Waals surface area contributed by atoms with E-state index in [-0.39, 0.29) is 0 Å². The van der Waals surface area contributed by atoms with Crippen LogP contribution in [-0.2, 0) is 0 Å². The Bertz CT molecular complexity index is 479. The summed E-state index contributed by atoms with van der Waals surface area (Å²) >= 11 is 5.76. The van der Waals surface area contributed by atoms with Gasteiger partial charge in [-0.3, -0.25) is 0 Å². The van der Waals surface area contributed by atoms with Gasteiger partial charge in [0.2, 0.25) is 0 Å². The molecule has 1 heterocycles. The SMILES string of the molecule is COc1cc(C)ccc1-n1cnc(Cl)c1. The van der Waals surface area contributed by atoms with Crippen molar-refractivity contribution in [1.29, 1.82) is 0 Å². The van der Waals surface area contributed by atoms with Crippen LogP contribution in [0.15, 0.2) is 30.7 Å². The molecule has 2 aromatic rings. The lowest BCUT2D eigenvalue weighted by Crippen LogP contribution is -1.95. The number of methoxy groups -OCH3 is 1. The number of hydrogen-bond acceptors (Lipinski definition) is 2. The van der Waals surface area contributed by atoms with E-state index in [1.807, 2.05) is 29.7 Å². The van der Waals surface area contributed by atoms with Gasteiger partial charge >= 0.3 is 0 Å². The summed E-state index contributed by atoms with van der Waals surface area (Å²) in [7, 11) is 1.65. The summed E-state index contributed by atoms with van der Waals surface area (Å²) in [5.41, 5.74) is 2.09. The first-order valence-electron chi connectivity index (χ1n) is 4.55. The van der Waals surface area contributed by atoms with E-state index in [0.29, 0.717) is 5.15 Å². The molecule has 0 N–H and O–H groups in total. The third-order valence-corrected chi connectivity index (χ3v) is 2.36. The Morgan fingerprint density at radius 3 is 2.80 bits per heavy atom. The van der Waals surface area contributed by atoms with Crippen LogP contribution in [0.4, 0.5) is 0 Å². The minimum atomic E-state index is 0.470. The molecule has 1 aromatic carbocycles. The van der Waals surface area contributed by atoms with Crippen molar-refractivity contribution in [2.45, 2.75) is 6.92 Å². The van der Waals surface area contributed by atoms with Crippen LogP contribution in [0.3, 0.4) is 0 Å². The van der Waals surface area contributed by atoms with Gasteiger partial charge in [-0.1, -0.05) is 17.7 Å². The van der Waals surface area contributed by atoms with Crippen molar-refractivity contribution in [2.24, 2.45) is 0 Å². The Morgan fingerprint density at radius 1 is 1.40 bits per heavy atom. The van der Waals surface area contributed by atoms with E-state index in [1.54, 1.807) is 19.6 Å². The average molecular weight is 223 g/mol. The number of hydrogen-bond donors (Lipinski definition) is 0. The third-order valence-electron chi connectivity index (χ3n) is 2.16. The van der Waals surface area contributed by atoms with Gasteiger partial charge in [-0.05, 0) is 24.6 Å². The van der Waals surface area contributed by atoms with Gasteiger partial charge < -0.3 is 9.30 Å². The van der Waals surface area contributed by atoms with Crippen molar-refractivity contribution in [3.05, 3.63) is 41.4 Å². The average Bonchev–Trinajstić information content (AvgIpc) is 2.64. The van der Waals surface area contributed by atoms with Crippen LogP contribution in [0.25, 0.3) is 5.69 Å². The molecule has 0 unspecified atom stereocenters. The number of aromatic nitrogens is 2. The maximum Gasteiger partial charge on any atom is 0.147 e. The van der Waals surface area contributed by atoms with E-state index in [9.17, 15) is 0 Å². The normalized spacial score (nSPS) is 10.3. The molecule has 0 bridgehead atoms. The summed E-state index contributed by atoms with van der Waals surface area (Å²) in [5.74, 6) is 0.809. The maximum absolute atomic E-state index is 5.76. The maximum atomic E-state index is 5.76. The molecule has 0 atom stereocenters. The van der Waals surface area contributed by atoms with Crippen molar-refractivity contribution in [3.8, 4) is 11.4 Å². The molecule has 78 valence electrons. The van der Waals surface area contributed by atoms with E-state index in [2.05, 4.69) is 4.98 Å². The number of aryl methyl sites for hydroxylation is 1. The largest absolute Gasteiger partial charge is 0.495 e. The van der Waals surface area contributed by atoms with E-state index in [1.165, 1.54) is 0 Å². The summed E-state index contributed by atoms with van der Waals surface area (Å²) in [4.78, 5) is 3.96. The molecule has 3 nitrogen and oxygen atoms in total. The number of ether oxygens (including phenoxy) is 1. The molecular weight excluding hydrogens is 212 g/mol. The van der Waals surface area contributed by atoms with Crippen LogP contribution in [0.2, 0.25) is 5.15 Å².